The number of carboxylic acids is 1. The molecule has 3 rings (SSSR count). The van der Waals surface area contributed by atoms with Crippen LogP contribution in [0.4, 0.5) is 18.9 Å². The highest BCUT2D eigenvalue weighted by Crippen LogP contribution is 2.38. The summed E-state index contributed by atoms with van der Waals surface area (Å²) in [4.78, 5) is 11.0. The maximum absolute atomic E-state index is 12.7. The molecule has 1 fully saturated rings. The van der Waals surface area contributed by atoms with Gasteiger partial charge in [-0.3, -0.25) is 0 Å². The Hall–Kier alpha value is -2.24. The molecular weight excluding hydrogens is 319 g/mol. The smallest absolute Gasteiger partial charge is 0.391 e. The molecule has 0 amide bonds. The normalized spacial score (nSPS) is 21.6. The third-order valence-corrected chi connectivity index (χ3v) is 4.65. The van der Waals surface area contributed by atoms with Gasteiger partial charge >= 0.3 is 12.1 Å². The minimum absolute atomic E-state index is 0.0411. The average molecular weight is 337 g/mol. The van der Waals surface area contributed by atoms with Gasteiger partial charge in [0.2, 0.25) is 0 Å². The van der Waals surface area contributed by atoms with Crippen molar-refractivity contribution in [1.29, 1.82) is 0 Å². The third kappa shape index (κ3) is 3.63. The molecule has 0 atom stereocenters. The van der Waals surface area contributed by atoms with Crippen molar-refractivity contribution in [1.82, 2.24) is 0 Å². The van der Waals surface area contributed by atoms with Crippen LogP contribution in [0.5, 0.6) is 0 Å². The lowest BCUT2D eigenvalue weighted by molar-refractivity contribution is -0.182. The molecular formula is C18H18F3NO2. The summed E-state index contributed by atoms with van der Waals surface area (Å²) >= 11 is 0. The summed E-state index contributed by atoms with van der Waals surface area (Å²) in [5, 5.41) is 14.0. The van der Waals surface area contributed by atoms with Crippen molar-refractivity contribution in [2.24, 2.45) is 5.92 Å². The van der Waals surface area contributed by atoms with Crippen molar-refractivity contribution < 1.29 is 23.1 Å². The molecule has 24 heavy (non-hydrogen) atoms. The Kier molecular flexibility index (Phi) is 4.39. The van der Waals surface area contributed by atoms with Crippen molar-refractivity contribution in [3.8, 4) is 0 Å². The van der Waals surface area contributed by atoms with Gasteiger partial charge in [0.05, 0.1) is 11.5 Å². The van der Waals surface area contributed by atoms with Crippen LogP contribution in [0, 0.1) is 5.92 Å². The molecule has 128 valence electrons. The number of fused-ring (bicyclic) bond motifs is 1. The van der Waals surface area contributed by atoms with Crippen molar-refractivity contribution >= 4 is 22.4 Å². The van der Waals surface area contributed by atoms with Crippen molar-refractivity contribution in [2.75, 3.05) is 5.32 Å². The molecule has 1 saturated carbocycles. The Bertz CT molecular complexity index is 750. The van der Waals surface area contributed by atoms with E-state index in [-0.39, 0.29) is 24.4 Å². The largest absolute Gasteiger partial charge is 0.478 e. The fourth-order valence-electron chi connectivity index (χ4n) is 3.27. The van der Waals surface area contributed by atoms with Crippen LogP contribution in [-0.4, -0.2) is 23.3 Å². The fourth-order valence-corrected chi connectivity index (χ4v) is 3.27. The van der Waals surface area contributed by atoms with E-state index in [1.54, 1.807) is 18.2 Å². The fraction of sp³-hybridized carbons (Fsp3) is 0.389. The standard InChI is InChI=1S/C18H18F3NO2/c19-18(20,21)14-4-7-15(8-5-14)22-16-6-3-11-9-13(17(23)24)2-1-12(11)10-16/h1-3,6,9-10,14-15,22H,4-5,7-8H2,(H,23,24)/t14-,15+. The second kappa shape index (κ2) is 6.34. The van der Waals surface area contributed by atoms with Gasteiger partial charge < -0.3 is 10.4 Å². The lowest BCUT2D eigenvalue weighted by Crippen LogP contribution is -2.32. The van der Waals surface area contributed by atoms with Gasteiger partial charge in [0.15, 0.2) is 0 Å². The first-order chi connectivity index (χ1) is 11.3. The zero-order valence-electron chi connectivity index (χ0n) is 12.9. The summed E-state index contributed by atoms with van der Waals surface area (Å²) in [7, 11) is 0. The average Bonchev–Trinajstić information content (AvgIpc) is 2.54. The molecule has 0 radical (unpaired) electrons. The predicted octanol–water partition coefficient (Wildman–Crippen LogP) is 5.07. The molecule has 0 saturated heterocycles. The minimum atomic E-state index is -4.09. The van der Waals surface area contributed by atoms with E-state index in [1.807, 2.05) is 18.2 Å². The molecule has 6 heteroatoms. The summed E-state index contributed by atoms with van der Waals surface area (Å²) in [5.41, 5.74) is 1.08. The number of rotatable bonds is 3. The van der Waals surface area contributed by atoms with Gasteiger partial charge in [-0.1, -0.05) is 12.1 Å². The van der Waals surface area contributed by atoms with Crippen LogP contribution in [0.3, 0.4) is 0 Å². The van der Waals surface area contributed by atoms with Gasteiger partial charge in [-0.15, -0.1) is 0 Å². The van der Waals surface area contributed by atoms with Gasteiger partial charge in [-0.05, 0) is 60.7 Å². The number of carboxylic acid groups (broad SMARTS) is 1. The van der Waals surface area contributed by atoms with E-state index < -0.39 is 18.1 Å². The minimum Gasteiger partial charge on any atom is -0.478 e. The number of nitrogens with one attached hydrogen (secondary N) is 1. The van der Waals surface area contributed by atoms with Crippen LogP contribution < -0.4 is 5.32 Å². The second-order valence-electron chi connectivity index (χ2n) is 6.32. The number of carbonyl (C=O) groups is 1. The van der Waals surface area contributed by atoms with Crippen LogP contribution in [0.2, 0.25) is 0 Å². The van der Waals surface area contributed by atoms with E-state index in [2.05, 4.69) is 5.32 Å². The van der Waals surface area contributed by atoms with Crippen molar-refractivity contribution in [2.45, 2.75) is 37.9 Å². The third-order valence-electron chi connectivity index (χ3n) is 4.65. The van der Waals surface area contributed by atoms with Gasteiger partial charge in [0.1, 0.15) is 0 Å². The van der Waals surface area contributed by atoms with Crippen LogP contribution >= 0.6 is 0 Å². The molecule has 2 N–H and O–H groups in total. The van der Waals surface area contributed by atoms with Crippen molar-refractivity contribution in [3.05, 3.63) is 42.0 Å². The monoisotopic (exact) mass is 337 g/mol. The Morgan fingerprint density at radius 2 is 1.62 bits per heavy atom. The quantitative estimate of drug-likeness (QED) is 0.822. The first-order valence-electron chi connectivity index (χ1n) is 7.93. The molecule has 2 aromatic rings. The zero-order valence-corrected chi connectivity index (χ0v) is 12.9. The lowest BCUT2D eigenvalue weighted by Gasteiger charge is -2.30. The van der Waals surface area contributed by atoms with E-state index in [0.717, 1.165) is 16.5 Å². The molecule has 1 aliphatic carbocycles. The summed E-state index contributed by atoms with van der Waals surface area (Å²) in [5.74, 6) is -2.15. The zero-order chi connectivity index (χ0) is 17.3. The highest BCUT2D eigenvalue weighted by Gasteiger charge is 2.41. The van der Waals surface area contributed by atoms with Crippen LogP contribution in [0.1, 0.15) is 36.0 Å². The number of aromatic carboxylic acids is 1. The van der Waals surface area contributed by atoms with E-state index >= 15 is 0 Å². The molecule has 0 bridgehead atoms. The summed E-state index contributed by atoms with van der Waals surface area (Å²) < 4.78 is 38.1. The predicted molar refractivity (Wildman–Crippen MR) is 86.3 cm³/mol. The van der Waals surface area contributed by atoms with Crippen LogP contribution in [0.25, 0.3) is 10.8 Å². The van der Waals surface area contributed by atoms with Gasteiger partial charge in [0.25, 0.3) is 0 Å². The molecule has 1 aliphatic rings. The number of hydrogen-bond donors (Lipinski definition) is 2. The topological polar surface area (TPSA) is 49.3 Å². The van der Waals surface area contributed by atoms with Crippen molar-refractivity contribution in [3.63, 3.8) is 0 Å². The van der Waals surface area contributed by atoms with Crippen LogP contribution in [0.15, 0.2) is 36.4 Å². The maximum atomic E-state index is 12.7. The summed E-state index contributed by atoms with van der Waals surface area (Å²) in [6, 6.07) is 10.5. The van der Waals surface area contributed by atoms with E-state index in [9.17, 15) is 18.0 Å². The second-order valence-corrected chi connectivity index (χ2v) is 6.32. The Morgan fingerprint density at radius 1 is 1.00 bits per heavy atom. The Balaban J connectivity index is 1.68. The maximum Gasteiger partial charge on any atom is 0.391 e. The van der Waals surface area contributed by atoms with E-state index in [1.165, 1.54) is 0 Å². The summed E-state index contributed by atoms with van der Waals surface area (Å²) in [6.45, 7) is 0. The van der Waals surface area contributed by atoms with Gasteiger partial charge in [0, 0.05) is 11.7 Å². The van der Waals surface area contributed by atoms with Gasteiger partial charge in [-0.2, -0.15) is 13.2 Å². The number of benzene rings is 2. The first-order valence-corrected chi connectivity index (χ1v) is 7.93. The highest BCUT2D eigenvalue weighted by molar-refractivity contribution is 5.95. The molecule has 3 nitrogen and oxygen atoms in total. The number of alkyl halides is 3. The SMILES string of the molecule is O=C(O)c1ccc2cc(N[C@H]3CC[C@@H](C(F)(F)F)CC3)ccc2c1. The number of hydrogen-bond acceptors (Lipinski definition) is 2. The molecule has 0 aromatic heterocycles. The highest BCUT2D eigenvalue weighted by atomic mass is 19.4. The van der Waals surface area contributed by atoms with E-state index in [4.69, 9.17) is 5.11 Å². The van der Waals surface area contributed by atoms with Crippen LogP contribution in [-0.2, 0) is 0 Å². The number of anilines is 1. The first kappa shape index (κ1) is 16.6. The summed E-state index contributed by atoms with van der Waals surface area (Å²) in [6.07, 6.45) is -2.76. The van der Waals surface area contributed by atoms with E-state index in [0.29, 0.717) is 12.8 Å². The molecule has 0 aliphatic heterocycles. The lowest BCUT2D eigenvalue weighted by atomic mass is 9.85. The molecule has 2 aromatic carbocycles. The molecule has 0 heterocycles. The Labute approximate surface area is 137 Å². The molecule has 0 spiro atoms. The molecule has 0 unspecified atom stereocenters. The van der Waals surface area contributed by atoms with Gasteiger partial charge in [-0.25, -0.2) is 4.79 Å². The Morgan fingerprint density at radius 3 is 2.25 bits per heavy atom. The number of halogens is 3.